The van der Waals surface area contributed by atoms with Crippen LogP contribution in [0.15, 0.2) is 5.28 Å². The molecule has 0 amide bonds. The lowest BCUT2D eigenvalue weighted by atomic mass is 10.1. The zero-order valence-electron chi connectivity index (χ0n) is 8.89. The van der Waals surface area contributed by atoms with Crippen LogP contribution in [0.3, 0.4) is 0 Å². The largest absolute Gasteiger partial charge is 0.673 e. The van der Waals surface area contributed by atoms with Crippen LogP contribution in [-0.2, 0) is 4.84 Å². The molecule has 0 aromatic heterocycles. The lowest BCUT2D eigenvalue weighted by molar-refractivity contribution is -0.652. The van der Waals surface area contributed by atoms with Crippen molar-refractivity contribution in [1.29, 1.82) is 0 Å². The van der Waals surface area contributed by atoms with Crippen molar-refractivity contribution in [2.45, 2.75) is 26.3 Å². The lowest BCUT2D eigenvalue weighted by Crippen LogP contribution is -2.28. The van der Waals surface area contributed by atoms with Gasteiger partial charge in [0.2, 0.25) is 0 Å². The molecule has 0 fully saturated rings. The smallest absolute Gasteiger partial charge is 0.418 e. The van der Waals surface area contributed by atoms with Gasteiger partial charge in [-0.1, -0.05) is 4.70 Å². The molecule has 0 radical (unpaired) electrons. The highest BCUT2D eigenvalue weighted by atomic mass is 19.5. The molecular formula is C6H15BF4N2O. The van der Waals surface area contributed by atoms with Crippen molar-refractivity contribution < 1.29 is 26.8 Å². The normalized spacial score (nSPS) is 13.1. The Morgan fingerprint density at radius 2 is 1.43 bits per heavy atom. The summed E-state index contributed by atoms with van der Waals surface area (Å²) in [5.74, 6) is 0. The maximum Gasteiger partial charge on any atom is 0.673 e. The summed E-state index contributed by atoms with van der Waals surface area (Å²) in [6.45, 7) is 6.20. The summed E-state index contributed by atoms with van der Waals surface area (Å²) in [4.78, 5) is 4.58. The predicted molar refractivity (Wildman–Crippen MR) is 45.6 cm³/mol. The van der Waals surface area contributed by atoms with E-state index in [4.69, 9.17) is 0 Å². The van der Waals surface area contributed by atoms with Crippen LogP contribution in [0, 0.1) is 0 Å². The molecule has 0 aromatic carbocycles. The molecule has 3 nitrogen and oxygen atoms in total. The lowest BCUT2D eigenvalue weighted by Gasteiger charge is -2.08. The summed E-state index contributed by atoms with van der Waals surface area (Å²) >= 11 is 0. The molecule has 0 N–H and O–H groups in total. The van der Waals surface area contributed by atoms with Gasteiger partial charge < -0.3 is 22.1 Å². The molecule has 0 saturated carbocycles. The van der Waals surface area contributed by atoms with E-state index in [2.05, 4.69) is 30.9 Å². The van der Waals surface area contributed by atoms with E-state index in [-0.39, 0.29) is 5.54 Å². The highest BCUT2D eigenvalue weighted by molar-refractivity contribution is 6.50. The SMILES string of the molecule is CON=[N+](C)C(C)(C)C.F[B-](F)(F)F. The minimum atomic E-state index is -6.00. The Bertz CT molecular complexity index is 181. The second-order valence-electron chi connectivity index (χ2n) is 3.45. The van der Waals surface area contributed by atoms with Crippen LogP contribution in [-0.4, -0.2) is 31.6 Å². The number of rotatable bonds is 1. The van der Waals surface area contributed by atoms with Crippen molar-refractivity contribution in [2.75, 3.05) is 14.2 Å². The van der Waals surface area contributed by atoms with Crippen LogP contribution >= 0.6 is 0 Å². The first-order valence-electron chi connectivity index (χ1n) is 3.83. The molecule has 0 aliphatic heterocycles. The van der Waals surface area contributed by atoms with E-state index < -0.39 is 7.25 Å². The van der Waals surface area contributed by atoms with Crippen molar-refractivity contribution >= 4 is 7.25 Å². The molecule has 0 aliphatic carbocycles. The molecular weight excluding hydrogens is 203 g/mol. The third-order valence-electron chi connectivity index (χ3n) is 1.17. The topological polar surface area (TPSA) is 24.6 Å². The van der Waals surface area contributed by atoms with Crippen LogP contribution in [0.25, 0.3) is 0 Å². The Hall–Kier alpha value is -0.815. The monoisotopic (exact) mass is 218 g/mol. The third kappa shape index (κ3) is 17.3. The molecule has 0 spiro atoms. The summed E-state index contributed by atoms with van der Waals surface area (Å²) in [5, 5.41) is 3.73. The van der Waals surface area contributed by atoms with E-state index in [1.54, 1.807) is 11.8 Å². The fourth-order valence-electron chi connectivity index (χ4n) is 0.245. The van der Waals surface area contributed by atoms with Gasteiger partial charge in [0.25, 0.3) is 0 Å². The molecule has 0 atom stereocenters. The van der Waals surface area contributed by atoms with Crippen molar-refractivity contribution in [2.24, 2.45) is 5.28 Å². The Kier molecular flexibility index (Phi) is 6.50. The standard InChI is InChI=1S/C6H15N2O.BF4/c1-6(2,3)8(4)7-9-5;2-1(3,4)5/h1-5H3;/q+1;-1. The molecule has 0 aliphatic rings. The highest BCUT2D eigenvalue weighted by Crippen LogP contribution is 2.06. The molecule has 0 heterocycles. The first-order valence-corrected chi connectivity index (χ1v) is 3.83. The Labute approximate surface area is 80.8 Å². The van der Waals surface area contributed by atoms with E-state index in [1.807, 2.05) is 7.05 Å². The first kappa shape index (κ1) is 15.6. The maximum atomic E-state index is 9.75. The van der Waals surface area contributed by atoms with Crippen LogP contribution in [0.4, 0.5) is 17.3 Å². The molecule has 0 rings (SSSR count). The molecule has 0 saturated heterocycles. The van der Waals surface area contributed by atoms with E-state index in [9.17, 15) is 17.3 Å². The highest BCUT2D eigenvalue weighted by Gasteiger charge is 2.22. The summed E-state index contributed by atoms with van der Waals surface area (Å²) in [5.41, 5.74) is 0.0516. The maximum absolute atomic E-state index is 9.75. The van der Waals surface area contributed by atoms with Crippen LogP contribution in [0.2, 0.25) is 0 Å². The van der Waals surface area contributed by atoms with Gasteiger partial charge in [-0.3, -0.25) is 0 Å². The Morgan fingerprint density at radius 1 is 1.14 bits per heavy atom. The summed E-state index contributed by atoms with van der Waals surface area (Å²) in [6.07, 6.45) is 0. The molecule has 86 valence electrons. The van der Waals surface area contributed by atoms with Crippen LogP contribution in [0.5, 0.6) is 0 Å². The van der Waals surface area contributed by atoms with Gasteiger partial charge in [0, 0.05) is 20.8 Å². The van der Waals surface area contributed by atoms with Gasteiger partial charge in [-0.15, -0.1) is 0 Å². The zero-order valence-corrected chi connectivity index (χ0v) is 8.89. The first-order chi connectivity index (χ1) is 5.98. The second kappa shape index (κ2) is 5.82. The minimum Gasteiger partial charge on any atom is -0.418 e. The number of hydrogen-bond donors (Lipinski definition) is 0. The van der Waals surface area contributed by atoms with Crippen molar-refractivity contribution in [1.82, 2.24) is 0 Å². The van der Waals surface area contributed by atoms with Gasteiger partial charge >= 0.3 is 7.25 Å². The van der Waals surface area contributed by atoms with Crippen molar-refractivity contribution in [3.05, 3.63) is 0 Å². The van der Waals surface area contributed by atoms with Gasteiger partial charge in [0.1, 0.15) is 7.11 Å². The number of hydrogen-bond acceptors (Lipinski definition) is 2. The van der Waals surface area contributed by atoms with Gasteiger partial charge in [0.15, 0.2) is 17.9 Å². The van der Waals surface area contributed by atoms with E-state index in [1.165, 1.54) is 0 Å². The fraction of sp³-hybridized carbons (Fsp3) is 1.00. The fourth-order valence-corrected chi connectivity index (χ4v) is 0.245. The predicted octanol–water partition coefficient (Wildman–Crippen LogP) is 2.74. The number of nitrogens with zero attached hydrogens (tertiary/aromatic N) is 2. The number of halogens is 4. The average Bonchev–Trinajstić information content (AvgIpc) is 1.81. The Balaban J connectivity index is 0. The quantitative estimate of drug-likeness (QED) is 0.218. The van der Waals surface area contributed by atoms with Crippen LogP contribution < -0.4 is 0 Å². The van der Waals surface area contributed by atoms with E-state index in [0.29, 0.717) is 0 Å². The summed E-state index contributed by atoms with van der Waals surface area (Å²) in [7, 11) is -2.58. The van der Waals surface area contributed by atoms with Gasteiger partial charge in [-0.2, -0.15) is 0 Å². The van der Waals surface area contributed by atoms with Gasteiger partial charge in [0.05, 0.1) is 0 Å². The zero-order chi connectivity index (χ0) is 12.0. The van der Waals surface area contributed by atoms with Gasteiger partial charge in [-0.05, 0) is 0 Å². The van der Waals surface area contributed by atoms with E-state index in [0.717, 1.165) is 0 Å². The average molecular weight is 218 g/mol. The van der Waals surface area contributed by atoms with Gasteiger partial charge in [-0.25, -0.2) is 0 Å². The molecule has 0 aromatic rings. The van der Waals surface area contributed by atoms with E-state index >= 15 is 0 Å². The minimum absolute atomic E-state index is 0.0516. The van der Waals surface area contributed by atoms with Crippen molar-refractivity contribution in [3.63, 3.8) is 0 Å². The van der Waals surface area contributed by atoms with Crippen LogP contribution in [0.1, 0.15) is 20.8 Å². The second-order valence-corrected chi connectivity index (χ2v) is 3.45. The summed E-state index contributed by atoms with van der Waals surface area (Å²) < 4.78 is 40.8. The molecule has 8 heteroatoms. The Morgan fingerprint density at radius 3 is 1.50 bits per heavy atom. The molecule has 14 heavy (non-hydrogen) atoms. The molecule has 0 unspecified atom stereocenters. The van der Waals surface area contributed by atoms with Crippen molar-refractivity contribution in [3.8, 4) is 0 Å². The third-order valence-corrected chi connectivity index (χ3v) is 1.17. The summed E-state index contributed by atoms with van der Waals surface area (Å²) in [6, 6.07) is 0. The molecule has 0 bridgehead atoms.